The molecule has 0 bridgehead atoms. The highest BCUT2D eigenvalue weighted by Crippen LogP contribution is 2.39. The van der Waals surface area contributed by atoms with E-state index in [9.17, 15) is 13.2 Å². The summed E-state index contributed by atoms with van der Waals surface area (Å²) in [6.45, 7) is 2.76. The van der Waals surface area contributed by atoms with Gasteiger partial charge in [0, 0.05) is 17.7 Å². The minimum absolute atomic E-state index is 0.0459. The van der Waals surface area contributed by atoms with Crippen LogP contribution in [0.2, 0.25) is 5.02 Å². The third-order valence-electron chi connectivity index (χ3n) is 3.43. The van der Waals surface area contributed by atoms with Gasteiger partial charge in [0.2, 0.25) is 0 Å². The van der Waals surface area contributed by atoms with Gasteiger partial charge in [0.1, 0.15) is 5.75 Å². The van der Waals surface area contributed by atoms with Gasteiger partial charge in [0.05, 0.1) is 18.8 Å². The summed E-state index contributed by atoms with van der Waals surface area (Å²) in [5.74, 6) is 0.527. The Labute approximate surface area is 144 Å². The Morgan fingerprint density at radius 1 is 1.08 bits per heavy atom. The molecule has 0 unspecified atom stereocenters. The van der Waals surface area contributed by atoms with Crippen molar-refractivity contribution in [3.8, 4) is 16.9 Å². The SMILES string of the molecule is CCCOc1cc(-c2ccc(Cl)cc2C(F)(F)F)ccc1COC. The topological polar surface area (TPSA) is 18.5 Å². The normalized spacial score (nSPS) is 11.6. The van der Waals surface area contributed by atoms with E-state index in [1.165, 1.54) is 12.1 Å². The van der Waals surface area contributed by atoms with Crippen LogP contribution in [0.5, 0.6) is 5.75 Å². The lowest BCUT2D eigenvalue weighted by Gasteiger charge is -2.16. The molecule has 0 aliphatic rings. The molecule has 2 aromatic rings. The number of benzene rings is 2. The van der Waals surface area contributed by atoms with Crippen LogP contribution in [-0.4, -0.2) is 13.7 Å². The number of ether oxygens (including phenoxy) is 2. The van der Waals surface area contributed by atoms with Crippen LogP contribution in [0.25, 0.3) is 11.1 Å². The van der Waals surface area contributed by atoms with E-state index in [0.29, 0.717) is 24.5 Å². The molecule has 2 rings (SSSR count). The molecule has 2 aromatic carbocycles. The van der Waals surface area contributed by atoms with Crippen LogP contribution in [0.3, 0.4) is 0 Å². The van der Waals surface area contributed by atoms with Gasteiger partial charge in [0.15, 0.2) is 0 Å². The number of rotatable bonds is 6. The van der Waals surface area contributed by atoms with Crippen molar-refractivity contribution in [2.24, 2.45) is 0 Å². The van der Waals surface area contributed by atoms with Gasteiger partial charge in [-0.3, -0.25) is 0 Å². The van der Waals surface area contributed by atoms with Gasteiger partial charge in [0.25, 0.3) is 0 Å². The quantitative estimate of drug-likeness (QED) is 0.634. The van der Waals surface area contributed by atoms with Crippen molar-refractivity contribution in [3.05, 3.63) is 52.5 Å². The number of hydrogen-bond donors (Lipinski definition) is 0. The predicted molar refractivity (Wildman–Crippen MR) is 88.4 cm³/mol. The second kappa shape index (κ2) is 7.90. The van der Waals surface area contributed by atoms with Crippen LogP contribution >= 0.6 is 11.6 Å². The van der Waals surface area contributed by atoms with Crippen LogP contribution in [0.15, 0.2) is 36.4 Å². The Balaban J connectivity index is 2.53. The molecule has 0 fully saturated rings. The summed E-state index contributed by atoms with van der Waals surface area (Å²) < 4.78 is 50.7. The minimum atomic E-state index is -4.49. The van der Waals surface area contributed by atoms with E-state index in [-0.39, 0.29) is 10.6 Å². The smallest absolute Gasteiger partial charge is 0.417 e. The maximum atomic E-state index is 13.3. The first-order valence-electron chi connectivity index (χ1n) is 7.48. The average Bonchev–Trinajstić information content (AvgIpc) is 2.53. The van der Waals surface area contributed by atoms with Crippen molar-refractivity contribution in [1.29, 1.82) is 0 Å². The highest BCUT2D eigenvalue weighted by molar-refractivity contribution is 6.30. The molecule has 24 heavy (non-hydrogen) atoms. The fourth-order valence-corrected chi connectivity index (χ4v) is 2.52. The fourth-order valence-electron chi connectivity index (χ4n) is 2.35. The molecule has 0 radical (unpaired) electrons. The fraction of sp³-hybridized carbons (Fsp3) is 0.333. The Morgan fingerprint density at radius 2 is 1.83 bits per heavy atom. The molecular weight excluding hydrogens is 341 g/mol. The molecule has 130 valence electrons. The zero-order chi connectivity index (χ0) is 17.7. The maximum absolute atomic E-state index is 13.3. The highest BCUT2D eigenvalue weighted by Gasteiger charge is 2.34. The molecule has 0 aromatic heterocycles. The van der Waals surface area contributed by atoms with E-state index < -0.39 is 11.7 Å². The lowest BCUT2D eigenvalue weighted by molar-refractivity contribution is -0.137. The first-order valence-corrected chi connectivity index (χ1v) is 7.86. The molecule has 0 saturated heterocycles. The lowest BCUT2D eigenvalue weighted by atomic mass is 9.98. The first kappa shape index (κ1) is 18.6. The van der Waals surface area contributed by atoms with Gasteiger partial charge in [-0.15, -0.1) is 0 Å². The van der Waals surface area contributed by atoms with Gasteiger partial charge in [-0.25, -0.2) is 0 Å². The van der Waals surface area contributed by atoms with Crippen molar-refractivity contribution < 1.29 is 22.6 Å². The number of halogens is 4. The second-order valence-corrected chi connectivity index (χ2v) is 5.73. The summed E-state index contributed by atoms with van der Waals surface area (Å²) in [7, 11) is 1.55. The zero-order valence-corrected chi connectivity index (χ0v) is 14.2. The Kier molecular flexibility index (Phi) is 6.13. The Bertz CT molecular complexity index is 699. The van der Waals surface area contributed by atoms with E-state index >= 15 is 0 Å². The standard InChI is InChI=1S/C18H18ClF3O2/c1-3-8-24-17-9-12(4-5-13(17)11-23-2)15-7-6-14(19)10-16(15)18(20,21)22/h4-7,9-10H,3,8,11H2,1-2H3. The monoisotopic (exact) mass is 358 g/mol. The van der Waals surface area contributed by atoms with E-state index in [2.05, 4.69) is 0 Å². The van der Waals surface area contributed by atoms with Crippen LogP contribution in [0, 0.1) is 0 Å². The molecule has 0 spiro atoms. The molecule has 0 saturated carbocycles. The third-order valence-corrected chi connectivity index (χ3v) is 3.66. The van der Waals surface area contributed by atoms with Gasteiger partial charge in [-0.2, -0.15) is 13.2 Å². The zero-order valence-electron chi connectivity index (χ0n) is 13.4. The molecule has 0 atom stereocenters. The summed E-state index contributed by atoms with van der Waals surface area (Å²) >= 11 is 5.74. The van der Waals surface area contributed by atoms with Crippen molar-refractivity contribution in [2.45, 2.75) is 26.1 Å². The van der Waals surface area contributed by atoms with Crippen molar-refractivity contribution in [2.75, 3.05) is 13.7 Å². The molecule has 0 N–H and O–H groups in total. The van der Waals surface area contributed by atoms with Crippen molar-refractivity contribution in [1.82, 2.24) is 0 Å². The van der Waals surface area contributed by atoms with Crippen LogP contribution in [0.1, 0.15) is 24.5 Å². The van der Waals surface area contributed by atoms with E-state index in [1.807, 2.05) is 6.92 Å². The molecule has 0 heterocycles. The molecule has 6 heteroatoms. The van der Waals surface area contributed by atoms with Gasteiger partial charge in [-0.1, -0.05) is 36.7 Å². The maximum Gasteiger partial charge on any atom is 0.417 e. The first-order chi connectivity index (χ1) is 11.4. The van der Waals surface area contributed by atoms with Crippen LogP contribution < -0.4 is 4.74 Å². The van der Waals surface area contributed by atoms with Gasteiger partial charge < -0.3 is 9.47 Å². The van der Waals surface area contributed by atoms with E-state index in [0.717, 1.165) is 18.1 Å². The van der Waals surface area contributed by atoms with Crippen LogP contribution in [0.4, 0.5) is 13.2 Å². The average molecular weight is 359 g/mol. The number of hydrogen-bond acceptors (Lipinski definition) is 2. The summed E-state index contributed by atoms with van der Waals surface area (Å²) in [5.41, 5.74) is 0.510. The molecule has 0 aliphatic heterocycles. The summed E-state index contributed by atoms with van der Waals surface area (Å²) in [4.78, 5) is 0. The Morgan fingerprint density at radius 3 is 2.46 bits per heavy atom. The largest absolute Gasteiger partial charge is 0.493 e. The molecule has 0 aliphatic carbocycles. The number of alkyl halides is 3. The van der Waals surface area contributed by atoms with Crippen LogP contribution in [-0.2, 0) is 17.5 Å². The van der Waals surface area contributed by atoms with E-state index in [1.54, 1.807) is 25.3 Å². The highest BCUT2D eigenvalue weighted by atomic mass is 35.5. The minimum Gasteiger partial charge on any atom is -0.493 e. The van der Waals surface area contributed by atoms with Gasteiger partial charge >= 0.3 is 6.18 Å². The van der Waals surface area contributed by atoms with Crippen molar-refractivity contribution in [3.63, 3.8) is 0 Å². The Hall–Kier alpha value is -1.72. The molecule has 0 amide bonds. The third kappa shape index (κ3) is 4.42. The summed E-state index contributed by atoms with van der Waals surface area (Å²) in [6.07, 6.45) is -3.69. The van der Waals surface area contributed by atoms with Crippen molar-refractivity contribution >= 4 is 11.6 Å². The molecule has 2 nitrogen and oxygen atoms in total. The van der Waals surface area contributed by atoms with Gasteiger partial charge in [-0.05, 0) is 35.7 Å². The summed E-state index contributed by atoms with van der Waals surface area (Å²) in [6, 6.07) is 8.72. The second-order valence-electron chi connectivity index (χ2n) is 5.29. The lowest BCUT2D eigenvalue weighted by Crippen LogP contribution is -2.07. The predicted octanol–water partition coefficient (Wildman–Crippen LogP) is 5.96. The number of methoxy groups -OCH3 is 1. The molecular formula is C18H18ClF3O2. The van der Waals surface area contributed by atoms with E-state index in [4.69, 9.17) is 21.1 Å². The summed E-state index contributed by atoms with van der Waals surface area (Å²) in [5, 5.41) is 0.0459.